The van der Waals surface area contributed by atoms with Gasteiger partial charge in [-0.3, -0.25) is 14.6 Å². The lowest BCUT2D eigenvalue weighted by Gasteiger charge is -2.29. The third-order valence-electron chi connectivity index (χ3n) is 4.36. The Morgan fingerprint density at radius 1 is 1.11 bits per heavy atom. The van der Waals surface area contributed by atoms with Gasteiger partial charge in [-0.25, -0.2) is 4.39 Å². The minimum Gasteiger partial charge on any atom is -0.481 e. The van der Waals surface area contributed by atoms with Gasteiger partial charge >= 0.3 is 0 Å². The maximum Gasteiger partial charge on any atom is 0.265 e. The van der Waals surface area contributed by atoms with Crippen molar-refractivity contribution in [3.05, 3.63) is 83.9 Å². The van der Waals surface area contributed by atoms with E-state index in [9.17, 15) is 14.0 Å². The van der Waals surface area contributed by atoms with Crippen LogP contribution >= 0.6 is 0 Å². The van der Waals surface area contributed by atoms with Gasteiger partial charge in [-0.2, -0.15) is 0 Å². The summed E-state index contributed by atoms with van der Waals surface area (Å²) in [6.45, 7) is 0.203. The molecule has 28 heavy (non-hydrogen) atoms. The van der Waals surface area contributed by atoms with E-state index in [2.05, 4.69) is 10.3 Å². The molecule has 1 aliphatic rings. The van der Waals surface area contributed by atoms with E-state index in [4.69, 9.17) is 4.74 Å². The number of ether oxygens (including phenoxy) is 1. The van der Waals surface area contributed by atoms with Crippen LogP contribution in [0.25, 0.3) is 0 Å². The molecule has 2 amide bonds. The first-order chi connectivity index (χ1) is 13.6. The van der Waals surface area contributed by atoms with Gasteiger partial charge in [-0.15, -0.1) is 0 Å². The Morgan fingerprint density at radius 2 is 1.86 bits per heavy atom. The molecule has 0 radical (unpaired) electrons. The summed E-state index contributed by atoms with van der Waals surface area (Å²) in [7, 11) is 0. The van der Waals surface area contributed by atoms with E-state index in [0.29, 0.717) is 29.2 Å². The molecule has 0 atom stereocenters. The number of carbonyl (C=O) groups excluding carboxylic acids is 2. The van der Waals surface area contributed by atoms with Crippen molar-refractivity contribution >= 4 is 23.2 Å². The van der Waals surface area contributed by atoms with Crippen molar-refractivity contribution in [2.24, 2.45) is 0 Å². The normalized spacial score (nSPS) is 12.9. The molecule has 1 aromatic heterocycles. The Balaban J connectivity index is 1.55. The van der Waals surface area contributed by atoms with Gasteiger partial charge in [-0.05, 0) is 42.0 Å². The number of nitrogens with one attached hydrogen (secondary N) is 1. The monoisotopic (exact) mass is 377 g/mol. The number of aromatic nitrogens is 1. The zero-order valence-corrected chi connectivity index (χ0v) is 14.8. The molecule has 0 unspecified atom stereocenters. The molecular formula is C21H16FN3O3. The fraction of sp³-hybridized carbons (Fsp3) is 0.0952. The van der Waals surface area contributed by atoms with Crippen LogP contribution in [0.5, 0.6) is 5.75 Å². The summed E-state index contributed by atoms with van der Waals surface area (Å²) in [5.74, 6) is -0.288. The van der Waals surface area contributed by atoms with Crippen molar-refractivity contribution in [3.8, 4) is 5.75 Å². The van der Waals surface area contributed by atoms with Crippen LogP contribution < -0.4 is 15.0 Å². The number of amides is 2. The molecular weight excluding hydrogens is 361 g/mol. The highest BCUT2D eigenvalue weighted by molar-refractivity contribution is 6.05. The fourth-order valence-corrected chi connectivity index (χ4v) is 2.93. The maximum absolute atomic E-state index is 13.1. The van der Waals surface area contributed by atoms with Crippen LogP contribution in [0.1, 0.15) is 15.9 Å². The number of carbonyl (C=O) groups is 2. The van der Waals surface area contributed by atoms with Crippen molar-refractivity contribution in [2.75, 3.05) is 16.8 Å². The summed E-state index contributed by atoms with van der Waals surface area (Å²) in [6.07, 6.45) is 3.09. The van der Waals surface area contributed by atoms with Gasteiger partial charge in [0.05, 0.1) is 12.2 Å². The Labute approximate surface area is 160 Å². The Hall–Kier alpha value is -3.74. The van der Waals surface area contributed by atoms with Gasteiger partial charge in [-0.1, -0.05) is 12.1 Å². The number of hydrogen-bond acceptors (Lipinski definition) is 4. The van der Waals surface area contributed by atoms with E-state index in [1.165, 1.54) is 12.1 Å². The molecule has 0 spiro atoms. The van der Waals surface area contributed by atoms with Crippen LogP contribution in [-0.4, -0.2) is 23.4 Å². The second kappa shape index (κ2) is 7.48. The highest BCUT2D eigenvalue weighted by atomic mass is 19.1. The molecule has 0 saturated heterocycles. The average molecular weight is 377 g/mol. The van der Waals surface area contributed by atoms with Crippen molar-refractivity contribution in [1.29, 1.82) is 0 Å². The quantitative estimate of drug-likeness (QED) is 0.757. The molecule has 1 aliphatic heterocycles. The first-order valence-electron chi connectivity index (χ1n) is 8.63. The first kappa shape index (κ1) is 17.7. The summed E-state index contributed by atoms with van der Waals surface area (Å²) < 4.78 is 18.7. The third-order valence-corrected chi connectivity index (χ3v) is 4.36. The predicted molar refractivity (Wildman–Crippen MR) is 102 cm³/mol. The number of rotatable bonds is 4. The molecule has 0 bridgehead atoms. The molecule has 0 saturated carbocycles. The molecule has 0 fully saturated rings. The van der Waals surface area contributed by atoms with Crippen LogP contribution in [0.4, 0.5) is 15.8 Å². The fourth-order valence-electron chi connectivity index (χ4n) is 2.93. The van der Waals surface area contributed by atoms with Gasteiger partial charge in [0.25, 0.3) is 11.8 Å². The van der Waals surface area contributed by atoms with E-state index < -0.39 is 0 Å². The van der Waals surface area contributed by atoms with Crippen LogP contribution in [0, 0.1) is 5.82 Å². The van der Waals surface area contributed by atoms with Crippen molar-refractivity contribution in [3.63, 3.8) is 0 Å². The average Bonchev–Trinajstić information content (AvgIpc) is 2.72. The Morgan fingerprint density at radius 3 is 2.61 bits per heavy atom. The van der Waals surface area contributed by atoms with Crippen LogP contribution in [0.2, 0.25) is 0 Å². The molecule has 1 N–H and O–H groups in total. The summed E-state index contributed by atoms with van der Waals surface area (Å²) in [6, 6.07) is 14.3. The second-order valence-corrected chi connectivity index (χ2v) is 6.27. The standard InChI is InChI=1S/C21H16FN3O3/c22-16-3-1-14(2-4-16)12-25-18-6-5-17(11-19(18)28-13-20(25)26)24-21(27)15-7-9-23-10-8-15/h1-11H,12-13H2,(H,24,27). The number of pyridine rings is 1. The topological polar surface area (TPSA) is 71.5 Å². The number of anilines is 2. The SMILES string of the molecule is O=C(Nc1ccc2c(c1)OCC(=O)N2Cc1ccc(F)cc1)c1ccncc1. The zero-order chi connectivity index (χ0) is 19.5. The lowest BCUT2D eigenvalue weighted by molar-refractivity contribution is -0.121. The smallest absolute Gasteiger partial charge is 0.265 e. The molecule has 7 heteroatoms. The summed E-state index contributed by atoms with van der Waals surface area (Å²) in [5, 5.41) is 2.80. The molecule has 6 nitrogen and oxygen atoms in total. The third kappa shape index (κ3) is 3.68. The predicted octanol–water partition coefficient (Wildman–Crippen LogP) is 3.40. The Bertz CT molecular complexity index is 1020. The van der Waals surface area contributed by atoms with Crippen LogP contribution in [0.3, 0.4) is 0 Å². The Kier molecular flexibility index (Phi) is 4.72. The maximum atomic E-state index is 13.1. The summed E-state index contributed by atoms with van der Waals surface area (Å²) in [4.78, 5) is 30.1. The zero-order valence-electron chi connectivity index (χ0n) is 14.8. The van der Waals surface area contributed by atoms with Crippen LogP contribution in [-0.2, 0) is 11.3 Å². The summed E-state index contributed by atoms with van der Waals surface area (Å²) >= 11 is 0. The minimum absolute atomic E-state index is 0.101. The van der Waals surface area contributed by atoms with E-state index in [0.717, 1.165) is 5.56 Å². The van der Waals surface area contributed by atoms with E-state index in [1.54, 1.807) is 59.8 Å². The van der Waals surface area contributed by atoms with E-state index in [1.807, 2.05) is 0 Å². The van der Waals surface area contributed by atoms with Gasteiger partial charge in [0.1, 0.15) is 11.6 Å². The van der Waals surface area contributed by atoms with E-state index >= 15 is 0 Å². The molecule has 2 aromatic carbocycles. The minimum atomic E-state index is -0.327. The largest absolute Gasteiger partial charge is 0.481 e. The van der Waals surface area contributed by atoms with Crippen molar-refractivity contribution in [1.82, 2.24) is 4.98 Å². The molecule has 140 valence electrons. The second-order valence-electron chi connectivity index (χ2n) is 6.27. The van der Waals surface area contributed by atoms with Crippen molar-refractivity contribution < 1.29 is 18.7 Å². The molecule has 0 aliphatic carbocycles. The lowest BCUT2D eigenvalue weighted by atomic mass is 10.1. The van der Waals surface area contributed by atoms with Crippen molar-refractivity contribution in [2.45, 2.75) is 6.54 Å². The van der Waals surface area contributed by atoms with Gasteiger partial charge in [0, 0.05) is 29.7 Å². The summed E-state index contributed by atoms with van der Waals surface area (Å²) in [5.41, 5.74) is 2.44. The molecule has 3 aromatic rings. The van der Waals surface area contributed by atoms with Gasteiger partial charge in [0.2, 0.25) is 0 Å². The molecule has 4 rings (SSSR count). The highest BCUT2D eigenvalue weighted by Gasteiger charge is 2.26. The van der Waals surface area contributed by atoms with Crippen LogP contribution in [0.15, 0.2) is 67.0 Å². The lowest BCUT2D eigenvalue weighted by Crippen LogP contribution is -2.38. The van der Waals surface area contributed by atoms with Gasteiger partial charge in [0.15, 0.2) is 6.61 Å². The number of benzene rings is 2. The van der Waals surface area contributed by atoms with Gasteiger partial charge < -0.3 is 15.0 Å². The number of fused-ring (bicyclic) bond motifs is 1. The van der Waals surface area contributed by atoms with E-state index in [-0.39, 0.29) is 24.2 Å². The number of hydrogen-bond donors (Lipinski definition) is 1. The number of nitrogens with zero attached hydrogens (tertiary/aromatic N) is 2. The molecule has 2 heterocycles. The highest BCUT2D eigenvalue weighted by Crippen LogP contribution is 2.35. The first-order valence-corrected chi connectivity index (χ1v) is 8.63. The number of halogens is 1.